The second-order valence-corrected chi connectivity index (χ2v) is 4.14. The second-order valence-electron chi connectivity index (χ2n) is 3.74. The molecule has 0 aliphatic heterocycles. The molecule has 0 saturated heterocycles. The number of alkyl halides is 4. The third-order valence-electron chi connectivity index (χ3n) is 2.12. The highest BCUT2D eigenvalue weighted by Gasteiger charge is 2.41. The van der Waals surface area contributed by atoms with Crippen LogP contribution in [0.15, 0.2) is 18.5 Å². The molecule has 0 spiro atoms. The van der Waals surface area contributed by atoms with Crippen LogP contribution in [0, 0.1) is 0 Å². The number of ether oxygens (including phenoxy) is 1. The quantitative estimate of drug-likeness (QED) is 0.727. The molecule has 0 N–H and O–H groups in total. The van der Waals surface area contributed by atoms with Crippen molar-refractivity contribution in [3.8, 4) is 0 Å². The maximum Gasteiger partial charge on any atom is 0.330 e. The Bertz CT molecular complexity index is 442. The fraction of sp³-hybridized carbons (Fsp3) is 0.455. The molecule has 0 aliphatic carbocycles. The molecule has 19 heavy (non-hydrogen) atoms. The lowest BCUT2D eigenvalue weighted by molar-refractivity contribution is -0.168. The number of nitrogens with zero attached hydrogens (tertiary/aromatic N) is 1. The average molecular weight is 300 g/mol. The molecule has 1 aromatic heterocycles. The first-order chi connectivity index (χ1) is 8.83. The normalized spacial score (nSPS) is 11.9. The van der Waals surface area contributed by atoms with Crippen LogP contribution in [-0.2, 0) is 16.0 Å². The Morgan fingerprint density at radius 1 is 1.47 bits per heavy atom. The highest BCUT2D eigenvalue weighted by molar-refractivity contribution is 6.31. The van der Waals surface area contributed by atoms with Crippen molar-refractivity contribution >= 4 is 17.4 Å². The van der Waals surface area contributed by atoms with Gasteiger partial charge >= 0.3 is 12.3 Å². The molecule has 1 heterocycles. The fourth-order valence-electron chi connectivity index (χ4n) is 1.17. The Balaban J connectivity index is 2.39. The van der Waals surface area contributed by atoms with Gasteiger partial charge in [-0.05, 0) is 11.6 Å². The van der Waals surface area contributed by atoms with Crippen molar-refractivity contribution in [3.63, 3.8) is 0 Å². The van der Waals surface area contributed by atoms with Gasteiger partial charge in [0, 0.05) is 18.8 Å². The van der Waals surface area contributed by atoms with Gasteiger partial charge in [0.2, 0.25) is 0 Å². The second kappa shape index (κ2) is 6.81. The molecule has 0 bridgehead atoms. The van der Waals surface area contributed by atoms with Gasteiger partial charge in [0.25, 0.3) is 0 Å². The van der Waals surface area contributed by atoms with Gasteiger partial charge in [-0.2, -0.15) is 8.78 Å². The lowest BCUT2D eigenvalue weighted by Crippen LogP contribution is -2.33. The molecule has 8 heteroatoms. The summed E-state index contributed by atoms with van der Waals surface area (Å²) in [7, 11) is 0. The van der Waals surface area contributed by atoms with Crippen molar-refractivity contribution in [2.24, 2.45) is 0 Å². The van der Waals surface area contributed by atoms with Crippen LogP contribution in [0.2, 0.25) is 5.02 Å². The van der Waals surface area contributed by atoms with E-state index in [9.17, 15) is 22.4 Å². The smallest absolute Gasteiger partial charge is 0.330 e. The van der Waals surface area contributed by atoms with Gasteiger partial charge in [-0.1, -0.05) is 11.6 Å². The minimum Gasteiger partial charge on any atom is -0.367 e. The molecular weight excluding hydrogens is 290 g/mol. The van der Waals surface area contributed by atoms with Crippen molar-refractivity contribution in [1.82, 2.24) is 4.98 Å². The molecule has 106 valence electrons. The molecule has 3 nitrogen and oxygen atoms in total. The first-order valence-corrected chi connectivity index (χ1v) is 5.54. The molecule has 0 atom stereocenters. The average Bonchev–Trinajstić information content (AvgIpc) is 2.31. The highest BCUT2D eigenvalue weighted by atomic mass is 35.5. The number of Topliss-reactive ketones (excluding diaryl/α,β-unsaturated/α-hetero) is 1. The van der Waals surface area contributed by atoms with Gasteiger partial charge in [0.15, 0.2) is 5.78 Å². The van der Waals surface area contributed by atoms with E-state index < -0.39 is 31.3 Å². The summed E-state index contributed by atoms with van der Waals surface area (Å²) in [6, 6.07) is 1.49. The van der Waals surface area contributed by atoms with Crippen LogP contribution in [0.5, 0.6) is 0 Å². The molecule has 1 rings (SSSR count). The minimum atomic E-state index is -4.26. The van der Waals surface area contributed by atoms with E-state index in [1.54, 1.807) is 0 Å². The van der Waals surface area contributed by atoms with E-state index in [4.69, 9.17) is 11.6 Å². The number of aromatic nitrogens is 1. The van der Waals surface area contributed by atoms with E-state index in [0.29, 0.717) is 5.56 Å². The molecule has 0 unspecified atom stereocenters. The van der Waals surface area contributed by atoms with Gasteiger partial charge in [-0.15, -0.1) is 0 Å². The Labute approximate surface area is 111 Å². The SMILES string of the molecule is O=C(COCC(F)(F)C(F)F)Cc1ccncc1Cl. The van der Waals surface area contributed by atoms with Crippen LogP contribution in [0.4, 0.5) is 17.6 Å². The van der Waals surface area contributed by atoms with Crippen LogP contribution < -0.4 is 0 Å². The summed E-state index contributed by atoms with van der Waals surface area (Å²) < 4.78 is 52.8. The van der Waals surface area contributed by atoms with Crippen LogP contribution in [0.25, 0.3) is 0 Å². The summed E-state index contributed by atoms with van der Waals surface area (Å²) in [6.45, 7) is -2.18. The Morgan fingerprint density at radius 2 is 2.16 bits per heavy atom. The summed E-state index contributed by atoms with van der Waals surface area (Å²) in [5.74, 6) is -4.80. The first kappa shape index (κ1) is 15.8. The fourth-order valence-corrected chi connectivity index (χ4v) is 1.36. The Morgan fingerprint density at radius 3 is 2.74 bits per heavy atom. The molecule has 0 amide bonds. The zero-order valence-corrected chi connectivity index (χ0v) is 10.3. The van der Waals surface area contributed by atoms with Gasteiger partial charge in [0.05, 0.1) is 5.02 Å². The number of hydrogen-bond donors (Lipinski definition) is 0. The predicted octanol–water partition coefficient (Wildman–Crippen LogP) is 2.76. The zero-order valence-electron chi connectivity index (χ0n) is 9.58. The van der Waals surface area contributed by atoms with E-state index in [1.165, 1.54) is 18.5 Å². The third-order valence-corrected chi connectivity index (χ3v) is 2.46. The highest BCUT2D eigenvalue weighted by Crippen LogP contribution is 2.22. The van der Waals surface area contributed by atoms with Crippen molar-refractivity contribution in [1.29, 1.82) is 0 Å². The Kier molecular flexibility index (Phi) is 5.68. The Hall–Kier alpha value is -1.21. The van der Waals surface area contributed by atoms with E-state index in [2.05, 4.69) is 9.72 Å². The lowest BCUT2D eigenvalue weighted by Gasteiger charge is -2.14. The number of hydrogen-bond acceptors (Lipinski definition) is 3. The van der Waals surface area contributed by atoms with Crippen molar-refractivity contribution < 1.29 is 27.1 Å². The van der Waals surface area contributed by atoms with Gasteiger partial charge < -0.3 is 4.74 Å². The molecule has 0 radical (unpaired) electrons. The van der Waals surface area contributed by atoms with E-state index >= 15 is 0 Å². The van der Waals surface area contributed by atoms with Crippen molar-refractivity contribution in [2.45, 2.75) is 18.8 Å². The molecular formula is C11H10ClF4NO2. The standard InChI is InChI=1S/C11H10ClF4NO2/c12-9-4-17-2-1-7(9)3-8(18)5-19-6-11(15,16)10(13)14/h1-2,4,10H,3,5-6H2. The maximum atomic E-state index is 12.5. The third kappa shape index (κ3) is 5.12. The number of ketones is 1. The molecule has 0 fully saturated rings. The van der Waals surface area contributed by atoms with Gasteiger partial charge in [-0.25, -0.2) is 8.78 Å². The monoisotopic (exact) mass is 299 g/mol. The summed E-state index contributed by atoms with van der Waals surface area (Å²) in [6.07, 6.45) is -1.21. The zero-order chi connectivity index (χ0) is 14.5. The maximum absolute atomic E-state index is 12.5. The van der Waals surface area contributed by atoms with Crippen molar-refractivity contribution in [2.75, 3.05) is 13.2 Å². The minimum absolute atomic E-state index is 0.137. The summed E-state index contributed by atoms with van der Waals surface area (Å²) in [5.41, 5.74) is 0.464. The number of carbonyl (C=O) groups excluding carboxylic acids is 1. The van der Waals surface area contributed by atoms with Gasteiger partial charge in [0.1, 0.15) is 13.2 Å². The number of carbonyl (C=O) groups is 1. The first-order valence-electron chi connectivity index (χ1n) is 5.16. The van der Waals surface area contributed by atoms with Crippen LogP contribution in [0.3, 0.4) is 0 Å². The summed E-state index contributed by atoms with van der Waals surface area (Å²) >= 11 is 5.74. The summed E-state index contributed by atoms with van der Waals surface area (Å²) in [4.78, 5) is 15.1. The predicted molar refractivity (Wildman–Crippen MR) is 59.7 cm³/mol. The number of pyridine rings is 1. The van der Waals surface area contributed by atoms with Crippen LogP contribution >= 0.6 is 11.6 Å². The van der Waals surface area contributed by atoms with Crippen LogP contribution in [-0.4, -0.2) is 36.3 Å². The number of rotatable bonds is 7. The van der Waals surface area contributed by atoms with E-state index in [0.717, 1.165) is 0 Å². The lowest BCUT2D eigenvalue weighted by atomic mass is 10.1. The molecule has 0 aromatic carbocycles. The largest absolute Gasteiger partial charge is 0.367 e. The topological polar surface area (TPSA) is 39.2 Å². The van der Waals surface area contributed by atoms with Crippen LogP contribution in [0.1, 0.15) is 5.56 Å². The van der Waals surface area contributed by atoms with Crippen molar-refractivity contribution in [3.05, 3.63) is 29.0 Å². The summed E-state index contributed by atoms with van der Waals surface area (Å²) in [5, 5.41) is 0.258. The molecule has 1 aromatic rings. The molecule has 0 aliphatic rings. The van der Waals surface area contributed by atoms with E-state index in [1.807, 2.05) is 0 Å². The molecule has 0 saturated carbocycles. The van der Waals surface area contributed by atoms with Gasteiger partial charge in [-0.3, -0.25) is 9.78 Å². The van der Waals surface area contributed by atoms with E-state index in [-0.39, 0.29) is 11.4 Å². The number of halogens is 5.